The second kappa shape index (κ2) is 7.78. The van der Waals surface area contributed by atoms with E-state index in [-0.39, 0.29) is 17.9 Å². The number of hydrogen-bond acceptors (Lipinski definition) is 3. The monoisotopic (exact) mass is 296 g/mol. The Kier molecular flexibility index (Phi) is 6.03. The van der Waals surface area contributed by atoms with Crippen LogP contribution < -0.4 is 5.32 Å². The summed E-state index contributed by atoms with van der Waals surface area (Å²) < 4.78 is 5.22. The van der Waals surface area contributed by atoms with E-state index in [4.69, 9.17) is 4.74 Å². The number of ether oxygens (including phenoxy) is 1. The van der Waals surface area contributed by atoms with Crippen LogP contribution in [0, 0.1) is 11.8 Å². The van der Waals surface area contributed by atoms with Crippen molar-refractivity contribution in [1.29, 1.82) is 0 Å². The summed E-state index contributed by atoms with van der Waals surface area (Å²) >= 11 is 0. The molecule has 5 nitrogen and oxygen atoms in total. The summed E-state index contributed by atoms with van der Waals surface area (Å²) in [5, 5.41) is 3.12. The van der Waals surface area contributed by atoms with Crippen LogP contribution in [0.1, 0.15) is 46.0 Å². The van der Waals surface area contributed by atoms with Gasteiger partial charge in [-0.1, -0.05) is 26.7 Å². The fourth-order valence-electron chi connectivity index (χ4n) is 3.26. The predicted octanol–water partition coefficient (Wildman–Crippen LogP) is 1.57. The molecule has 2 aliphatic rings. The van der Waals surface area contributed by atoms with Crippen molar-refractivity contribution in [3.05, 3.63) is 0 Å². The lowest BCUT2D eigenvalue weighted by Gasteiger charge is -2.34. The van der Waals surface area contributed by atoms with E-state index >= 15 is 0 Å². The van der Waals surface area contributed by atoms with E-state index in [1.54, 1.807) is 4.90 Å². The molecule has 1 heterocycles. The van der Waals surface area contributed by atoms with Crippen LogP contribution >= 0.6 is 0 Å². The second-order valence-electron chi connectivity index (χ2n) is 6.43. The van der Waals surface area contributed by atoms with Gasteiger partial charge in [0.2, 0.25) is 11.8 Å². The van der Waals surface area contributed by atoms with Gasteiger partial charge in [-0.2, -0.15) is 0 Å². The van der Waals surface area contributed by atoms with Crippen LogP contribution in [0.5, 0.6) is 0 Å². The van der Waals surface area contributed by atoms with Crippen molar-refractivity contribution in [3.8, 4) is 0 Å². The molecule has 0 aromatic rings. The molecule has 1 N–H and O–H groups in total. The number of nitrogens with one attached hydrogen (secondary N) is 1. The molecule has 120 valence electrons. The third-order valence-electron chi connectivity index (χ3n) is 4.98. The summed E-state index contributed by atoms with van der Waals surface area (Å²) in [6.07, 6.45) is 4.11. The molecule has 2 rings (SSSR count). The summed E-state index contributed by atoms with van der Waals surface area (Å²) in [5.41, 5.74) is 0. The number of rotatable bonds is 4. The van der Waals surface area contributed by atoms with Crippen molar-refractivity contribution in [2.75, 3.05) is 26.3 Å². The zero-order chi connectivity index (χ0) is 15.2. The summed E-state index contributed by atoms with van der Waals surface area (Å²) in [6.45, 7) is 6.98. The molecule has 1 aliphatic heterocycles. The third kappa shape index (κ3) is 4.70. The molecule has 0 aromatic carbocycles. The van der Waals surface area contributed by atoms with Crippen molar-refractivity contribution in [3.63, 3.8) is 0 Å². The molecule has 0 bridgehead atoms. The Balaban J connectivity index is 1.70. The number of morpholine rings is 1. The van der Waals surface area contributed by atoms with Crippen molar-refractivity contribution in [1.82, 2.24) is 10.2 Å². The predicted molar refractivity (Wildman–Crippen MR) is 80.7 cm³/mol. The highest BCUT2D eigenvalue weighted by Gasteiger charge is 2.28. The molecule has 1 saturated heterocycles. The lowest BCUT2D eigenvalue weighted by Crippen LogP contribution is -2.44. The first kappa shape index (κ1) is 16.3. The van der Waals surface area contributed by atoms with E-state index in [9.17, 15) is 9.59 Å². The minimum absolute atomic E-state index is 0.0163. The van der Waals surface area contributed by atoms with Crippen molar-refractivity contribution in [2.24, 2.45) is 11.8 Å². The van der Waals surface area contributed by atoms with E-state index in [0.29, 0.717) is 51.0 Å². The maximum absolute atomic E-state index is 12.0. The molecule has 0 radical (unpaired) electrons. The SMILES string of the molecule is C[C@H]1[C@H](C)CCC[C@H]1NC(=O)CCC(=O)N1CCOCC1. The summed E-state index contributed by atoms with van der Waals surface area (Å²) in [5.74, 6) is 1.28. The van der Waals surface area contributed by atoms with Crippen LogP contribution in [0.3, 0.4) is 0 Å². The van der Waals surface area contributed by atoms with Crippen LogP contribution in [0.15, 0.2) is 0 Å². The van der Waals surface area contributed by atoms with Gasteiger partial charge in [0.15, 0.2) is 0 Å². The van der Waals surface area contributed by atoms with Crippen molar-refractivity contribution in [2.45, 2.75) is 52.0 Å². The first-order valence-electron chi connectivity index (χ1n) is 8.23. The van der Waals surface area contributed by atoms with Gasteiger partial charge in [0.25, 0.3) is 0 Å². The molecule has 3 atom stereocenters. The van der Waals surface area contributed by atoms with E-state index in [1.165, 1.54) is 12.8 Å². The van der Waals surface area contributed by atoms with Crippen LogP contribution in [0.4, 0.5) is 0 Å². The molecule has 21 heavy (non-hydrogen) atoms. The minimum Gasteiger partial charge on any atom is -0.378 e. The van der Waals surface area contributed by atoms with Gasteiger partial charge in [0.05, 0.1) is 13.2 Å². The zero-order valence-electron chi connectivity index (χ0n) is 13.3. The van der Waals surface area contributed by atoms with Crippen molar-refractivity contribution < 1.29 is 14.3 Å². The summed E-state index contributed by atoms with van der Waals surface area (Å²) in [7, 11) is 0. The Labute approximate surface area is 127 Å². The molecular weight excluding hydrogens is 268 g/mol. The third-order valence-corrected chi connectivity index (χ3v) is 4.98. The highest BCUT2D eigenvalue weighted by Crippen LogP contribution is 2.29. The van der Waals surface area contributed by atoms with Crippen LogP contribution in [0.2, 0.25) is 0 Å². The molecule has 2 amide bonds. The van der Waals surface area contributed by atoms with E-state index in [2.05, 4.69) is 19.2 Å². The van der Waals surface area contributed by atoms with Gasteiger partial charge in [0.1, 0.15) is 0 Å². The summed E-state index contributed by atoms with van der Waals surface area (Å²) in [6, 6.07) is 0.278. The zero-order valence-corrected chi connectivity index (χ0v) is 13.3. The Morgan fingerprint density at radius 2 is 1.86 bits per heavy atom. The number of nitrogens with zero attached hydrogens (tertiary/aromatic N) is 1. The van der Waals surface area contributed by atoms with Gasteiger partial charge in [-0.05, 0) is 18.3 Å². The largest absolute Gasteiger partial charge is 0.378 e. The highest BCUT2D eigenvalue weighted by atomic mass is 16.5. The number of amides is 2. The maximum Gasteiger partial charge on any atom is 0.223 e. The lowest BCUT2D eigenvalue weighted by molar-refractivity contribution is -0.137. The molecule has 1 saturated carbocycles. The van der Waals surface area contributed by atoms with E-state index < -0.39 is 0 Å². The maximum atomic E-state index is 12.0. The van der Waals surface area contributed by atoms with Gasteiger partial charge < -0.3 is 15.0 Å². The topological polar surface area (TPSA) is 58.6 Å². The van der Waals surface area contributed by atoms with Crippen LogP contribution in [0.25, 0.3) is 0 Å². The molecule has 0 spiro atoms. The average molecular weight is 296 g/mol. The normalized spacial score (nSPS) is 30.0. The fourth-order valence-corrected chi connectivity index (χ4v) is 3.26. The summed E-state index contributed by atoms with van der Waals surface area (Å²) in [4.78, 5) is 25.8. The quantitative estimate of drug-likeness (QED) is 0.856. The Bertz CT molecular complexity index is 367. The molecule has 0 aromatic heterocycles. The highest BCUT2D eigenvalue weighted by molar-refractivity contribution is 5.84. The van der Waals surface area contributed by atoms with Gasteiger partial charge in [-0.3, -0.25) is 9.59 Å². The average Bonchev–Trinajstić information content (AvgIpc) is 2.50. The molecular formula is C16H28N2O3. The number of hydrogen-bond donors (Lipinski definition) is 1. The second-order valence-corrected chi connectivity index (χ2v) is 6.43. The van der Waals surface area contributed by atoms with Crippen LogP contribution in [-0.4, -0.2) is 49.1 Å². The van der Waals surface area contributed by atoms with E-state index in [1.807, 2.05) is 0 Å². The Hall–Kier alpha value is -1.10. The molecule has 0 unspecified atom stereocenters. The molecule has 1 aliphatic carbocycles. The lowest BCUT2D eigenvalue weighted by atomic mass is 9.78. The first-order valence-corrected chi connectivity index (χ1v) is 8.23. The van der Waals surface area contributed by atoms with E-state index in [0.717, 1.165) is 6.42 Å². The van der Waals surface area contributed by atoms with Crippen LogP contribution in [-0.2, 0) is 14.3 Å². The molecule has 2 fully saturated rings. The minimum atomic E-state index is 0.0163. The molecule has 5 heteroatoms. The number of carbonyl (C=O) groups is 2. The fraction of sp³-hybridized carbons (Fsp3) is 0.875. The van der Waals surface area contributed by atoms with Gasteiger partial charge in [-0.25, -0.2) is 0 Å². The Morgan fingerprint density at radius 3 is 2.57 bits per heavy atom. The van der Waals surface area contributed by atoms with Gasteiger partial charge in [0, 0.05) is 32.0 Å². The smallest absolute Gasteiger partial charge is 0.223 e. The standard InChI is InChI=1S/C16H28N2O3/c1-12-4-3-5-14(13(12)2)17-15(19)6-7-16(20)18-8-10-21-11-9-18/h12-14H,3-11H2,1-2H3,(H,17,19)/t12-,13+,14-/m1/s1. The van der Waals surface area contributed by atoms with Gasteiger partial charge >= 0.3 is 0 Å². The first-order chi connectivity index (χ1) is 10.1. The Morgan fingerprint density at radius 1 is 1.14 bits per heavy atom. The number of carbonyl (C=O) groups excluding carboxylic acids is 2. The van der Waals surface area contributed by atoms with Gasteiger partial charge in [-0.15, -0.1) is 0 Å². The van der Waals surface area contributed by atoms with Crippen molar-refractivity contribution >= 4 is 11.8 Å².